The molecule has 0 aromatic carbocycles. The number of unbranched alkanes of at least 4 members (excludes halogenated alkanes) is 7. The van der Waals surface area contributed by atoms with Crippen molar-refractivity contribution in [2.75, 3.05) is 0 Å². The van der Waals surface area contributed by atoms with E-state index < -0.39 is 0 Å². The molecule has 0 atom stereocenters. The van der Waals surface area contributed by atoms with E-state index in [1.807, 2.05) is 0 Å². The van der Waals surface area contributed by atoms with Crippen LogP contribution in [0.5, 0.6) is 0 Å². The van der Waals surface area contributed by atoms with Crippen LogP contribution < -0.4 is 0 Å². The molecule has 1 heteroatoms. The minimum atomic E-state index is 0.336. The van der Waals surface area contributed by atoms with E-state index >= 15 is 0 Å². The molecule has 106 valence electrons. The highest BCUT2D eigenvalue weighted by Crippen LogP contribution is 2.10. The molecule has 0 aliphatic heterocycles. The second kappa shape index (κ2) is 12.9. The molecule has 0 aromatic heterocycles. The maximum Gasteiger partial charge on any atom is 0.129 e. The van der Waals surface area contributed by atoms with Crippen LogP contribution in [-0.4, -0.2) is 5.78 Å². The molecule has 0 saturated heterocycles. The molecule has 0 rings (SSSR count). The number of carbonyl (C=O) groups excluding carboxylic acids is 1. The van der Waals surface area contributed by atoms with E-state index in [1.54, 1.807) is 6.92 Å². The van der Waals surface area contributed by atoms with Crippen LogP contribution in [0.15, 0.2) is 12.2 Å². The van der Waals surface area contributed by atoms with Gasteiger partial charge in [0.2, 0.25) is 0 Å². The zero-order valence-corrected chi connectivity index (χ0v) is 12.7. The highest BCUT2D eigenvalue weighted by atomic mass is 16.1. The van der Waals surface area contributed by atoms with Gasteiger partial charge in [-0.3, -0.25) is 0 Å². The molecule has 0 amide bonds. The lowest BCUT2D eigenvalue weighted by Crippen LogP contribution is -1.89. The summed E-state index contributed by atoms with van der Waals surface area (Å²) in [4.78, 5) is 10.7. The average Bonchev–Trinajstić information content (AvgIpc) is 2.29. The summed E-state index contributed by atoms with van der Waals surface area (Å²) in [5.74, 6) is 1.12. The molecule has 0 aromatic rings. The lowest BCUT2D eigenvalue weighted by Gasteiger charge is -2.00. The normalized spacial score (nSPS) is 11.6. The molecule has 0 radical (unpaired) electrons. The van der Waals surface area contributed by atoms with Crippen molar-refractivity contribution >= 4 is 5.78 Å². The monoisotopic (exact) mass is 252 g/mol. The predicted molar refractivity (Wildman–Crippen MR) is 80.8 cm³/mol. The van der Waals surface area contributed by atoms with Crippen molar-refractivity contribution < 1.29 is 4.79 Å². The van der Waals surface area contributed by atoms with Crippen LogP contribution in [0.1, 0.15) is 85.0 Å². The van der Waals surface area contributed by atoms with Crippen LogP contribution in [0, 0.1) is 5.92 Å². The molecule has 0 heterocycles. The van der Waals surface area contributed by atoms with Gasteiger partial charge in [-0.2, -0.15) is 0 Å². The quantitative estimate of drug-likeness (QED) is 0.322. The molecule has 0 N–H and O–H groups in total. The molecular formula is C17H32O. The fourth-order valence-electron chi connectivity index (χ4n) is 2.01. The lowest BCUT2D eigenvalue weighted by atomic mass is 10.1. The van der Waals surface area contributed by atoms with Crippen LogP contribution in [0.2, 0.25) is 0 Å². The van der Waals surface area contributed by atoms with Gasteiger partial charge >= 0.3 is 0 Å². The molecule has 0 spiro atoms. The van der Waals surface area contributed by atoms with Gasteiger partial charge in [-0.15, -0.1) is 0 Å². The zero-order valence-electron chi connectivity index (χ0n) is 12.7. The summed E-state index contributed by atoms with van der Waals surface area (Å²) in [6.07, 6.45) is 16.9. The first-order valence-electron chi connectivity index (χ1n) is 7.77. The maximum atomic E-state index is 10.7. The fraction of sp³-hybridized carbons (Fsp3) is 0.824. The van der Waals surface area contributed by atoms with Gasteiger partial charge in [-0.05, 0) is 38.5 Å². The molecular weight excluding hydrogens is 220 g/mol. The number of ketones is 1. The third kappa shape index (κ3) is 15.4. The van der Waals surface area contributed by atoms with Crippen LogP contribution in [-0.2, 0) is 4.79 Å². The van der Waals surface area contributed by atoms with Crippen molar-refractivity contribution in [1.29, 1.82) is 0 Å². The third-order valence-corrected chi connectivity index (χ3v) is 3.17. The number of hydrogen-bond donors (Lipinski definition) is 0. The van der Waals surface area contributed by atoms with Gasteiger partial charge < -0.3 is 4.79 Å². The van der Waals surface area contributed by atoms with E-state index in [4.69, 9.17) is 0 Å². The molecule has 1 nitrogen and oxygen atoms in total. The summed E-state index contributed by atoms with van der Waals surface area (Å²) in [5.41, 5.74) is 0. The van der Waals surface area contributed by atoms with Crippen LogP contribution in [0.3, 0.4) is 0 Å². The predicted octanol–water partition coefficient (Wildman–Crippen LogP) is 5.69. The third-order valence-electron chi connectivity index (χ3n) is 3.17. The molecule has 0 bridgehead atoms. The first kappa shape index (κ1) is 17.4. The summed E-state index contributed by atoms with van der Waals surface area (Å²) < 4.78 is 0. The fourth-order valence-corrected chi connectivity index (χ4v) is 2.01. The molecule has 18 heavy (non-hydrogen) atoms. The Balaban J connectivity index is 3.07. The van der Waals surface area contributed by atoms with Crippen LogP contribution in [0.4, 0.5) is 0 Å². The van der Waals surface area contributed by atoms with Crippen LogP contribution >= 0.6 is 0 Å². The molecule has 0 fully saturated rings. The van der Waals surface area contributed by atoms with Gasteiger partial charge in [0.1, 0.15) is 5.78 Å². The van der Waals surface area contributed by atoms with Gasteiger partial charge in [0.25, 0.3) is 0 Å². The van der Waals surface area contributed by atoms with Gasteiger partial charge in [-0.25, -0.2) is 0 Å². The van der Waals surface area contributed by atoms with Crippen molar-refractivity contribution in [3.05, 3.63) is 12.2 Å². The van der Waals surface area contributed by atoms with Crippen LogP contribution in [0.25, 0.3) is 0 Å². The largest absolute Gasteiger partial charge is 0.300 e. The van der Waals surface area contributed by atoms with Crippen molar-refractivity contribution in [3.63, 3.8) is 0 Å². The summed E-state index contributed by atoms with van der Waals surface area (Å²) in [6.45, 7) is 6.21. The zero-order chi connectivity index (χ0) is 13.6. The second-order valence-corrected chi connectivity index (χ2v) is 5.82. The van der Waals surface area contributed by atoms with Gasteiger partial charge in [0, 0.05) is 6.42 Å². The Morgan fingerprint density at radius 3 is 2.00 bits per heavy atom. The van der Waals surface area contributed by atoms with Crippen molar-refractivity contribution in [2.24, 2.45) is 5.92 Å². The van der Waals surface area contributed by atoms with E-state index in [-0.39, 0.29) is 0 Å². The van der Waals surface area contributed by atoms with Gasteiger partial charge in [0.05, 0.1) is 0 Å². The number of allylic oxidation sites excluding steroid dienone is 2. The summed E-state index contributed by atoms with van der Waals surface area (Å²) in [6, 6.07) is 0. The topological polar surface area (TPSA) is 17.1 Å². The van der Waals surface area contributed by atoms with E-state index in [0.717, 1.165) is 18.8 Å². The van der Waals surface area contributed by atoms with E-state index in [1.165, 1.54) is 51.4 Å². The smallest absolute Gasteiger partial charge is 0.129 e. The highest BCUT2D eigenvalue weighted by Gasteiger charge is 1.94. The Morgan fingerprint density at radius 1 is 0.889 bits per heavy atom. The average molecular weight is 252 g/mol. The van der Waals surface area contributed by atoms with E-state index in [0.29, 0.717) is 5.78 Å². The molecule has 0 unspecified atom stereocenters. The van der Waals surface area contributed by atoms with Crippen molar-refractivity contribution in [1.82, 2.24) is 0 Å². The van der Waals surface area contributed by atoms with Crippen molar-refractivity contribution in [3.8, 4) is 0 Å². The minimum Gasteiger partial charge on any atom is -0.300 e. The van der Waals surface area contributed by atoms with E-state index in [9.17, 15) is 4.79 Å². The Hall–Kier alpha value is -0.590. The van der Waals surface area contributed by atoms with Gasteiger partial charge in [0.15, 0.2) is 0 Å². The molecule has 0 aliphatic rings. The summed E-state index contributed by atoms with van der Waals surface area (Å²) in [7, 11) is 0. The van der Waals surface area contributed by atoms with Gasteiger partial charge in [-0.1, -0.05) is 58.1 Å². The first-order chi connectivity index (χ1) is 8.63. The summed E-state index contributed by atoms with van der Waals surface area (Å²) >= 11 is 0. The second-order valence-electron chi connectivity index (χ2n) is 5.82. The number of rotatable bonds is 12. The Kier molecular flexibility index (Phi) is 12.4. The Morgan fingerprint density at radius 2 is 1.44 bits per heavy atom. The maximum absolute atomic E-state index is 10.7. The number of carbonyl (C=O) groups is 1. The number of hydrogen-bond acceptors (Lipinski definition) is 1. The Labute approximate surface area is 114 Å². The molecule has 0 aliphatic carbocycles. The lowest BCUT2D eigenvalue weighted by molar-refractivity contribution is -0.117. The standard InChI is InChI=1S/C17H32O/c1-16(2)14-12-10-8-6-4-5-7-9-11-13-15-17(3)18/h10,12,16H,4-9,11,13-15H2,1-3H3/b12-10-. The number of Topliss-reactive ketones (excluding diaryl/α,β-unsaturated/α-hetero) is 1. The van der Waals surface area contributed by atoms with E-state index in [2.05, 4.69) is 26.0 Å². The first-order valence-corrected chi connectivity index (χ1v) is 7.77. The highest BCUT2D eigenvalue weighted by molar-refractivity contribution is 5.75. The summed E-state index contributed by atoms with van der Waals surface area (Å²) in [5, 5.41) is 0. The van der Waals surface area contributed by atoms with Crippen molar-refractivity contribution in [2.45, 2.75) is 85.0 Å². The SMILES string of the molecule is CC(=O)CCCCCCCCC/C=C\CC(C)C. The minimum absolute atomic E-state index is 0.336. The molecule has 0 saturated carbocycles. The Bertz CT molecular complexity index is 216.